The lowest BCUT2D eigenvalue weighted by Crippen LogP contribution is -2.46. The van der Waals surface area contributed by atoms with Crippen molar-refractivity contribution in [3.8, 4) is 5.75 Å². The number of nitrogens with zero attached hydrogens (tertiary/aromatic N) is 4. The van der Waals surface area contributed by atoms with Gasteiger partial charge in [-0.05, 0) is 30.9 Å². The van der Waals surface area contributed by atoms with Crippen LogP contribution in [0.1, 0.15) is 6.92 Å². The summed E-state index contributed by atoms with van der Waals surface area (Å²) in [6, 6.07) is 7.80. The Balaban J connectivity index is 1.63. The lowest BCUT2D eigenvalue weighted by molar-refractivity contribution is 0.107. The molecule has 0 amide bonds. The molecule has 0 bridgehead atoms. The van der Waals surface area contributed by atoms with E-state index in [1.165, 1.54) is 11.3 Å². The maximum absolute atomic E-state index is 5.47. The first-order valence-corrected chi connectivity index (χ1v) is 9.34. The van der Waals surface area contributed by atoms with Crippen LogP contribution in [0, 0.1) is 3.95 Å². The number of hydrogen-bond donors (Lipinski definition) is 1. The molecule has 24 heavy (non-hydrogen) atoms. The molecule has 0 spiro atoms. The van der Waals surface area contributed by atoms with Crippen LogP contribution in [0.25, 0.3) is 0 Å². The summed E-state index contributed by atoms with van der Waals surface area (Å²) in [7, 11) is 1.66. The topological polar surface area (TPSA) is 45.6 Å². The van der Waals surface area contributed by atoms with Gasteiger partial charge in [-0.3, -0.25) is 4.90 Å². The largest absolute Gasteiger partial charge is 0.497 e. The highest BCUT2D eigenvalue weighted by Crippen LogP contribution is 2.23. The van der Waals surface area contributed by atoms with Crippen molar-refractivity contribution in [1.82, 2.24) is 19.6 Å². The molecule has 130 valence electrons. The summed E-state index contributed by atoms with van der Waals surface area (Å²) in [5.41, 5.74) is 0.946. The molecule has 1 N–H and O–H groups in total. The number of benzene rings is 1. The van der Waals surface area contributed by atoms with Crippen LogP contribution >= 0.6 is 23.6 Å². The van der Waals surface area contributed by atoms with E-state index < -0.39 is 0 Å². The number of likely N-dealkylation sites (N-methyl/N-ethyl adjacent to an activating group) is 1. The molecule has 1 aromatic carbocycles. The number of aromatic nitrogens is 2. The van der Waals surface area contributed by atoms with Crippen molar-refractivity contribution in [2.24, 2.45) is 0 Å². The Morgan fingerprint density at radius 2 is 2.00 bits per heavy atom. The molecule has 1 saturated heterocycles. The first-order valence-electron chi connectivity index (χ1n) is 8.11. The Morgan fingerprint density at radius 3 is 2.71 bits per heavy atom. The van der Waals surface area contributed by atoms with Crippen LogP contribution in [0.4, 0.5) is 10.8 Å². The fourth-order valence-electron chi connectivity index (χ4n) is 2.71. The van der Waals surface area contributed by atoms with E-state index in [1.807, 2.05) is 28.9 Å². The summed E-state index contributed by atoms with van der Waals surface area (Å²) in [5, 5.41) is 8.73. The second-order valence-electron chi connectivity index (χ2n) is 5.72. The number of anilines is 2. The number of nitrogens with one attached hydrogen (secondary N) is 1. The third-order valence-corrected chi connectivity index (χ3v) is 5.40. The molecular weight excluding hydrogens is 342 g/mol. The zero-order chi connectivity index (χ0) is 16.9. The fraction of sp³-hybridized carbons (Fsp3) is 0.500. The van der Waals surface area contributed by atoms with E-state index in [0.29, 0.717) is 0 Å². The summed E-state index contributed by atoms with van der Waals surface area (Å²) in [5.74, 6) is 0.817. The molecule has 1 aromatic heterocycles. The summed E-state index contributed by atoms with van der Waals surface area (Å²) >= 11 is 6.96. The molecule has 1 aliphatic heterocycles. The van der Waals surface area contributed by atoms with Gasteiger partial charge in [-0.15, -0.1) is 5.10 Å². The predicted molar refractivity (Wildman–Crippen MR) is 101 cm³/mol. The molecule has 1 fully saturated rings. The van der Waals surface area contributed by atoms with E-state index >= 15 is 0 Å². The quantitative estimate of drug-likeness (QED) is 0.794. The van der Waals surface area contributed by atoms with Gasteiger partial charge in [0.15, 0.2) is 3.95 Å². The third kappa shape index (κ3) is 4.32. The van der Waals surface area contributed by atoms with Crippen molar-refractivity contribution in [3.05, 3.63) is 28.2 Å². The van der Waals surface area contributed by atoms with Gasteiger partial charge in [-0.1, -0.05) is 24.3 Å². The zero-order valence-corrected chi connectivity index (χ0v) is 15.7. The molecule has 0 atom stereocenters. The van der Waals surface area contributed by atoms with Gasteiger partial charge in [0.05, 0.1) is 13.8 Å². The van der Waals surface area contributed by atoms with E-state index in [2.05, 4.69) is 27.1 Å². The van der Waals surface area contributed by atoms with Crippen molar-refractivity contribution in [3.63, 3.8) is 0 Å². The minimum atomic E-state index is 0.757. The molecule has 2 aromatic rings. The van der Waals surface area contributed by atoms with Crippen molar-refractivity contribution in [2.75, 3.05) is 45.2 Å². The van der Waals surface area contributed by atoms with Gasteiger partial charge in [-0.25, -0.2) is 4.68 Å². The molecule has 8 heteroatoms. The van der Waals surface area contributed by atoms with Crippen LogP contribution in [-0.4, -0.2) is 59.4 Å². The third-order valence-electron chi connectivity index (χ3n) is 4.17. The average molecular weight is 366 g/mol. The lowest BCUT2D eigenvalue weighted by atomic mass is 10.3. The molecular formula is C16H23N5OS2. The van der Waals surface area contributed by atoms with Crippen molar-refractivity contribution < 1.29 is 4.74 Å². The Labute approximate surface area is 151 Å². The van der Waals surface area contributed by atoms with Crippen molar-refractivity contribution >= 4 is 34.4 Å². The highest BCUT2D eigenvalue weighted by atomic mass is 32.1. The maximum atomic E-state index is 5.47. The van der Waals surface area contributed by atoms with E-state index in [-0.39, 0.29) is 0 Å². The van der Waals surface area contributed by atoms with Crippen LogP contribution < -0.4 is 10.1 Å². The highest BCUT2D eigenvalue weighted by Gasteiger charge is 2.16. The van der Waals surface area contributed by atoms with E-state index in [9.17, 15) is 0 Å². The molecule has 0 radical (unpaired) electrons. The second-order valence-corrected chi connectivity index (χ2v) is 7.35. The predicted octanol–water partition coefficient (Wildman–Crippen LogP) is 3.02. The Morgan fingerprint density at radius 1 is 1.25 bits per heavy atom. The summed E-state index contributed by atoms with van der Waals surface area (Å²) in [6.45, 7) is 8.44. The van der Waals surface area contributed by atoms with Crippen LogP contribution in [0.2, 0.25) is 0 Å². The number of hydrogen-bond acceptors (Lipinski definition) is 7. The minimum absolute atomic E-state index is 0.757. The first kappa shape index (κ1) is 17.3. The smallest absolute Gasteiger partial charge is 0.209 e. The number of ether oxygens (including phenoxy) is 1. The van der Waals surface area contributed by atoms with Gasteiger partial charge in [0.1, 0.15) is 5.75 Å². The molecule has 0 saturated carbocycles. The van der Waals surface area contributed by atoms with Gasteiger partial charge in [0.2, 0.25) is 5.13 Å². The van der Waals surface area contributed by atoms with E-state index in [4.69, 9.17) is 17.0 Å². The fourth-order valence-corrected chi connectivity index (χ4v) is 3.72. The monoisotopic (exact) mass is 365 g/mol. The number of methoxy groups -OCH3 is 1. The van der Waals surface area contributed by atoms with Crippen LogP contribution in [-0.2, 0) is 6.67 Å². The Kier molecular flexibility index (Phi) is 5.83. The van der Waals surface area contributed by atoms with E-state index in [1.54, 1.807) is 7.11 Å². The van der Waals surface area contributed by atoms with Crippen LogP contribution in [0.5, 0.6) is 5.75 Å². The SMILES string of the molecule is CCN1CCN(Cn2nc(Nc3cccc(OC)c3)sc2=S)CC1. The molecule has 0 aliphatic carbocycles. The lowest BCUT2D eigenvalue weighted by Gasteiger charge is -2.33. The number of piperazine rings is 1. The molecule has 0 unspecified atom stereocenters. The van der Waals surface area contributed by atoms with Crippen LogP contribution in [0.3, 0.4) is 0 Å². The first-order chi connectivity index (χ1) is 11.7. The van der Waals surface area contributed by atoms with Gasteiger partial charge in [0.25, 0.3) is 0 Å². The number of rotatable bonds is 6. The molecule has 2 heterocycles. The zero-order valence-electron chi connectivity index (χ0n) is 14.1. The van der Waals surface area contributed by atoms with E-state index in [0.717, 1.165) is 59.9 Å². The van der Waals surface area contributed by atoms with Gasteiger partial charge in [-0.2, -0.15) is 0 Å². The second kappa shape index (κ2) is 8.06. The van der Waals surface area contributed by atoms with Gasteiger partial charge in [0, 0.05) is 37.9 Å². The van der Waals surface area contributed by atoms with Crippen molar-refractivity contribution in [1.29, 1.82) is 0 Å². The highest BCUT2D eigenvalue weighted by molar-refractivity contribution is 7.73. The minimum Gasteiger partial charge on any atom is -0.497 e. The Bertz CT molecular complexity index is 721. The van der Waals surface area contributed by atoms with Gasteiger partial charge >= 0.3 is 0 Å². The van der Waals surface area contributed by atoms with Gasteiger partial charge < -0.3 is 15.0 Å². The normalized spacial score (nSPS) is 16.2. The molecule has 6 nitrogen and oxygen atoms in total. The standard InChI is InChI=1S/C16H23N5OS2/c1-3-19-7-9-20(10-8-19)12-21-16(23)24-15(18-21)17-13-5-4-6-14(11-13)22-2/h4-6,11H,3,7-10,12H2,1-2H3,(H,17,18). The Hall–Kier alpha value is -1.48. The summed E-state index contributed by atoms with van der Waals surface area (Å²) < 4.78 is 7.94. The molecule has 3 rings (SSSR count). The van der Waals surface area contributed by atoms with Crippen molar-refractivity contribution in [2.45, 2.75) is 13.6 Å². The van der Waals surface area contributed by atoms with Crippen LogP contribution in [0.15, 0.2) is 24.3 Å². The summed E-state index contributed by atoms with van der Waals surface area (Å²) in [6.07, 6.45) is 0. The molecule has 1 aliphatic rings. The summed E-state index contributed by atoms with van der Waals surface area (Å²) in [4.78, 5) is 4.86. The average Bonchev–Trinajstić information content (AvgIpc) is 2.95. The maximum Gasteiger partial charge on any atom is 0.209 e.